The summed E-state index contributed by atoms with van der Waals surface area (Å²) in [6, 6.07) is 18.1. The molecule has 1 aliphatic rings. The van der Waals surface area contributed by atoms with E-state index in [2.05, 4.69) is 17.4 Å². The van der Waals surface area contributed by atoms with Crippen LogP contribution in [0.15, 0.2) is 54.6 Å². The number of carbonyl (C=O) groups is 2. The van der Waals surface area contributed by atoms with Crippen LogP contribution in [0.5, 0.6) is 5.75 Å². The van der Waals surface area contributed by atoms with Crippen LogP contribution in [0.25, 0.3) is 11.1 Å². The zero-order chi connectivity index (χ0) is 22.5. The Kier molecular flexibility index (Phi) is 6.90. The van der Waals surface area contributed by atoms with E-state index >= 15 is 0 Å². The van der Waals surface area contributed by atoms with Crippen molar-refractivity contribution in [3.8, 4) is 16.9 Å². The normalized spacial score (nSPS) is 12.9. The molecule has 0 aliphatic carbocycles. The third-order valence-electron chi connectivity index (χ3n) is 5.88. The van der Waals surface area contributed by atoms with Crippen LogP contribution in [0.2, 0.25) is 0 Å². The summed E-state index contributed by atoms with van der Waals surface area (Å²) in [4.78, 5) is 28.9. The second-order valence-electron chi connectivity index (χ2n) is 8.00. The zero-order valence-electron chi connectivity index (χ0n) is 18.5. The number of hydrogen-bond acceptors (Lipinski definition) is 4. The number of fused-ring (bicyclic) bond motifs is 1. The summed E-state index contributed by atoms with van der Waals surface area (Å²) in [6.07, 6.45) is 1.99. The quantitative estimate of drug-likeness (QED) is 0.527. The highest BCUT2D eigenvalue weighted by Crippen LogP contribution is 2.32. The van der Waals surface area contributed by atoms with Crippen molar-refractivity contribution in [2.75, 3.05) is 20.2 Å². The Labute approximate surface area is 193 Å². The number of nitrogens with zero attached hydrogens (tertiary/aromatic N) is 1. The number of benzene rings is 2. The van der Waals surface area contributed by atoms with Gasteiger partial charge in [-0.25, -0.2) is 0 Å². The topological polar surface area (TPSA) is 58.6 Å². The second kappa shape index (κ2) is 10.0. The Balaban J connectivity index is 1.26. The predicted octanol–water partition coefficient (Wildman–Crippen LogP) is 4.83. The smallest absolute Gasteiger partial charge is 0.261 e. The third-order valence-corrected chi connectivity index (χ3v) is 6.93. The van der Waals surface area contributed by atoms with Crippen LogP contribution in [0.1, 0.15) is 38.5 Å². The summed E-state index contributed by atoms with van der Waals surface area (Å²) in [5.41, 5.74) is 4.70. The molecule has 0 unspecified atom stereocenters. The maximum absolute atomic E-state index is 12.6. The van der Waals surface area contributed by atoms with Crippen LogP contribution >= 0.6 is 11.3 Å². The van der Waals surface area contributed by atoms with Crippen LogP contribution in [-0.2, 0) is 17.8 Å². The van der Waals surface area contributed by atoms with E-state index in [0.717, 1.165) is 34.7 Å². The van der Waals surface area contributed by atoms with Gasteiger partial charge in [-0.15, -0.1) is 11.3 Å². The van der Waals surface area contributed by atoms with Gasteiger partial charge in [0.2, 0.25) is 5.91 Å². The van der Waals surface area contributed by atoms with E-state index in [-0.39, 0.29) is 11.8 Å². The number of nitrogens with one attached hydrogen (secondary N) is 1. The molecule has 166 valence electrons. The highest BCUT2D eigenvalue weighted by Gasteiger charge is 2.20. The Morgan fingerprint density at radius 1 is 1.09 bits per heavy atom. The molecule has 0 radical (unpaired) electrons. The molecule has 5 nitrogen and oxygen atoms in total. The van der Waals surface area contributed by atoms with Gasteiger partial charge in [-0.3, -0.25) is 9.59 Å². The molecule has 2 heterocycles. The molecule has 0 saturated carbocycles. The van der Waals surface area contributed by atoms with Gasteiger partial charge in [-0.2, -0.15) is 0 Å². The molecule has 0 spiro atoms. The van der Waals surface area contributed by atoms with Crippen LogP contribution in [0, 0.1) is 6.92 Å². The fourth-order valence-electron chi connectivity index (χ4n) is 4.05. The molecule has 0 bridgehead atoms. The fourth-order valence-corrected chi connectivity index (χ4v) is 5.00. The summed E-state index contributed by atoms with van der Waals surface area (Å²) in [5.74, 6) is 0.877. The first-order chi connectivity index (χ1) is 15.5. The lowest BCUT2D eigenvalue weighted by atomic mass is 9.99. The van der Waals surface area contributed by atoms with Gasteiger partial charge in [0.15, 0.2) is 0 Å². The van der Waals surface area contributed by atoms with Crippen molar-refractivity contribution in [3.63, 3.8) is 0 Å². The van der Waals surface area contributed by atoms with Gasteiger partial charge < -0.3 is 15.0 Å². The molecule has 32 heavy (non-hydrogen) atoms. The molecule has 0 atom stereocenters. The Morgan fingerprint density at radius 2 is 1.84 bits per heavy atom. The van der Waals surface area contributed by atoms with E-state index in [1.807, 2.05) is 54.3 Å². The third kappa shape index (κ3) is 5.02. The van der Waals surface area contributed by atoms with Gasteiger partial charge in [-0.1, -0.05) is 36.4 Å². The van der Waals surface area contributed by atoms with Gasteiger partial charge >= 0.3 is 0 Å². The van der Waals surface area contributed by atoms with Crippen molar-refractivity contribution in [1.82, 2.24) is 10.2 Å². The number of carbonyl (C=O) groups excluding carboxylic acids is 2. The number of hydrogen-bond donors (Lipinski definition) is 1. The Bertz CT molecular complexity index is 1100. The molecule has 0 fully saturated rings. The van der Waals surface area contributed by atoms with Gasteiger partial charge in [0, 0.05) is 30.9 Å². The number of rotatable bonds is 7. The summed E-state index contributed by atoms with van der Waals surface area (Å²) < 4.78 is 5.22. The minimum absolute atomic E-state index is 0.0859. The van der Waals surface area contributed by atoms with Crippen molar-refractivity contribution in [1.29, 1.82) is 0 Å². The minimum atomic E-state index is -0.0859. The van der Waals surface area contributed by atoms with Gasteiger partial charge in [0.1, 0.15) is 5.75 Å². The number of aryl methyl sites for hydroxylation is 1. The van der Waals surface area contributed by atoms with Crippen LogP contribution < -0.4 is 10.1 Å². The first-order valence-electron chi connectivity index (χ1n) is 10.9. The zero-order valence-corrected chi connectivity index (χ0v) is 19.3. The molecule has 1 aliphatic heterocycles. The van der Waals surface area contributed by atoms with E-state index in [0.29, 0.717) is 30.8 Å². The number of methoxy groups -OCH3 is 1. The molecule has 2 amide bonds. The van der Waals surface area contributed by atoms with Crippen molar-refractivity contribution >= 4 is 23.2 Å². The monoisotopic (exact) mass is 448 g/mol. The van der Waals surface area contributed by atoms with E-state index < -0.39 is 0 Å². The SMILES string of the molecule is COc1ccc(-c2cc(C(=O)NCCCC(=O)N3CCc4ccccc4C3)sc2C)cc1. The molecule has 1 N–H and O–H groups in total. The maximum Gasteiger partial charge on any atom is 0.261 e. The first kappa shape index (κ1) is 22.1. The maximum atomic E-state index is 12.6. The van der Waals surface area contributed by atoms with Gasteiger partial charge in [0.05, 0.1) is 12.0 Å². The van der Waals surface area contributed by atoms with E-state index in [1.165, 1.54) is 22.5 Å². The summed E-state index contributed by atoms with van der Waals surface area (Å²) in [7, 11) is 1.65. The lowest BCUT2D eigenvalue weighted by Gasteiger charge is -2.29. The molecule has 0 saturated heterocycles. The van der Waals surface area contributed by atoms with Crippen molar-refractivity contribution < 1.29 is 14.3 Å². The molecule has 2 aromatic carbocycles. The van der Waals surface area contributed by atoms with Crippen LogP contribution in [-0.4, -0.2) is 36.9 Å². The fraction of sp³-hybridized carbons (Fsp3) is 0.308. The van der Waals surface area contributed by atoms with Crippen LogP contribution in [0.4, 0.5) is 0 Å². The summed E-state index contributed by atoms with van der Waals surface area (Å²) in [5, 5.41) is 2.96. The Hall–Kier alpha value is -3.12. The lowest BCUT2D eigenvalue weighted by Crippen LogP contribution is -2.36. The molecule has 4 rings (SSSR count). The van der Waals surface area contributed by atoms with E-state index in [9.17, 15) is 9.59 Å². The molecular formula is C26H28N2O3S. The van der Waals surface area contributed by atoms with Gasteiger partial charge in [0.25, 0.3) is 5.91 Å². The molecular weight excluding hydrogens is 420 g/mol. The predicted molar refractivity (Wildman–Crippen MR) is 128 cm³/mol. The van der Waals surface area contributed by atoms with Crippen molar-refractivity contribution in [2.45, 2.75) is 32.7 Å². The second-order valence-corrected chi connectivity index (χ2v) is 9.26. The van der Waals surface area contributed by atoms with E-state index in [4.69, 9.17) is 4.74 Å². The molecule has 3 aromatic rings. The average molecular weight is 449 g/mol. The van der Waals surface area contributed by atoms with Crippen molar-refractivity contribution in [2.24, 2.45) is 0 Å². The summed E-state index contributed by atoms with van der Waals surface area (Å²) in [6.45, 7) is 3.97. The molecule has 6 heteroatoms. The largest absolute Gasteiger partial charge is 0.497 e. The van der Waals surface area contributed by atoms with Crippen LogP contribution in [0.3, 0.4) is 0 Å². The first-order valence-corrected chi connectivity index (χ1v) is 11.7. The average Bonchev–Trinajstić information content (AvgIpc) is 3.23. The number of ether oxygens (including phenoxy) is 1. The van der Waals surface area contributed by atoms with E-state index in [1.54, 1.807) is 7.11 Å². The van der Waals surface area contributed by atoms with Crippen molar-refractivity contribution in [3.05, 3.63) is 75.5 Å². The number of thiophene rings is 1. The van der Waals surface area contributed by atoms with Gasteiger partial charge in [-0.05, 0) is 60.2 Å². The molecule has 1 aromatic heterocycles. The lowest BCUT2D eigenvalue weighted by molar-refractivity contribution is -0.132. The Morgan fingerprint density at radius 3 is 2.59 bits per heavy atom. The highest BCUT2D eigenvalue weighted by molar-refractivity contribution is 7.14. The standard InChI is InChI=1S/C26H28N2O3S/c1-18-23(20-9-11-22(31-2)12-10-20)16-24(32-18)26(30)27-14-5-8-25(29)28-15-13-19-6-3-4-7-21(19)17-28/h3-4,6-7,9-12,16H,5,8,13-15,17H2,1-2H3,(H,27,30). The number of amides is 2. The minimum Gasteiger partial charge on any atom is -0.497 e. The highest BCUT2D eigenvalue weighted by atomic mass is 32.1. The summed E-state index contributed by atoms with van der Waals surface area (Å²) >= 11 is 1.49.